The monoisotopic (exact) mass is 788 g/mol. The topological polar surface area (TPSA) is 100 Å². The van der Waals surface area contributed by atoms with Crippen LogP contribution in [0.25, 0.3) is 0 Å². The Morgan fingerprint density at radius 1 is 0.982 bits per heavy atom. The van der Waals surface area contributed by atoms with Crippen molar-refractivity contribution in [1.82, 2.24) is 0 Å². The van der Waals surface area contributed by atoms with Gasteiger partial charge in [0.1, 0.15) is 6.79 Å². The molecule has 3 aliphatic heterocycles. The Morgan fingerprint density at radius 3 is 2.44 bits per heavy atom. The zero-order valence-corrected chi connectivity index (χ0v) is 36.0. The second-order valence-electron chi connectivity index (χ2n) is 17.4. The molecule has 3 aliphatic rings. The Labute approximate surface area is 332 Å². The van der Waals surface area contributed by atoms with Crippen molar-refractivity contribution in [2.45, 2.75) is 171 Å². The maximum Gasteiger partial charge on any atom is 0.308 e. The maximum atomic E-state index is 13.4. The van der Waals surface area contributed by atoms with Crippen LogP contribution >= 0.6 is 0 Å². The summed E-state index contributed by atoms with van der Waals surface area (Å²) in [5, 5.41) is 0. The number of carbonyl (C=O) groups excluding carboxylic acids is 1. The van der Waals surface area contributed by atoms with Gasteiger partial charge in [0.25, 0.3) is 0 Å². The third-order valence-corrected chi connectivity index (χ3v) is 13.4. The van der Waals surface area contributed by atoms with E-state index in [1.165, 1.54) is 0 Å². The zero-order valence-electron chi connectivity index (χ0n) is 35.0. The number of carbonyl (C=O) groups is 1. The fraction of sp³-hybridized carbons (Fsp3) is 0.750. The standard InChI is InChI=1S/C44H72O10Si/c1-10-23-43(46-5)24-16-21-36(53-43)22-25-49-41(45)30-38(51-33-48-26-27-55(7,8)9)28-39-29-40(50-32-34-17-13-12-14-18-34)42(3,4)44(47-6,54-39)31-37-20-15-19-35(11-2)52-37/h10-14,17-18,35-40H,1-2,15-16,19-33H2,3-9H3/t35-,36-,37-,38+,39+,40-,43-,44-/m0/s1. The summed E-state index contributed by atoms with van der Waals surface area (Å²) in [5.74, 6) is -2.01. The second kappa shape index (κ2) is 21.7. The summed E-state index contributed by atoms with van der Waals surface area (Å²) in [6.45, 7) is 20.6. The zero-order chi connectivity index (χ0) is 40.0. The number of ether oxygens (including phenoxy) is 9. The van der Waals surface area contributed by atoms with Crippen LogP contribution in [0.5, 0.6) is 0 Å². The molecule has 3 heterocycles. The van der Waals surface area contributed by atoms with Crippen molar-refractivity contribution in [3.05, 3.63) is 61.2 Å². The predicted octanol–water partition coefficient (Wildman–Crippen LogP) is 9.14. The lowest BCUT2D eigenvalue weighted by atomic mass is 9.70. The minimum Gasteiger partial charge on any atom is -0.465 e. The van der Waals surface area contributed by atoms with E-state index in [-0.39, 0.29) is 56.3 Å². The fourth-order valence-corrected chi connectivity index (χ4v) is 8.92. The Kier molecular flexibility index (Phi) is 18.1. The molecule has 312 valence electrons. The highest BCUT2D eigenvalue weighted by Crippen LogP contribution is 2.51. The number of hydrogen-bond acceptors (Lipinski definition) is 10. The van der Waals surface area contributed by atoms with Gasteiger partial charge in [-0.1, -0.05) is 76.0 Å². The number of methoxy groups -OCH3 is 2. The highest BCUT2D eigenvalue weighted by molar-refractivity contribution is 6.76. The third kappa shape index (κ3) is 13.9. The summed E-state index contributed by atoms with van der Waals surface area (Å²) in [6, 6.07) is 11.2. The van der Waals surface area contributed by atoms with E-state index in [1.807, 2.05) is 30.4 Å². The third-order valence-electron chi connectivity index (χ3n) is 11.7. The Hall–Kier alpha value is -1.93. The summed E-state index contributed by atoms with van der Waals surface area (Å²) in [6.07, 6.45) is 11.0. The summed E-state index contributed by atoms with van der Waals surface area (Å²) in [4.78, 5) is 13.4. The van der Waals surface area contributed by atoms with Crippen molar-refractivity contribution in [3.63, 3.8) is 0 Å². The van der Waals surface area contributed by atoms with Gasteiger partial charge in [0, 0.05) is 72.8 Å². The van der Waals surface area contributed by atoms with Crippen LogP contribution in [0, 0.1) is 5.41 Å². The lowest BCUT2D eigenvalue weighted by Crippen LogP contribution is -2.63. The van der Waals surface area contributed by atoms with Gasteiger partial charge in [0.05, 0.1) is 56.3 Å². The first kappa shape index (κ1) is 45.8. The smallest absolute Gasteiger partial charge is 0.308 e. The number of esters is 1. The molecule has 0 aliphatic carbocycles. The van der Waals surface area contributed by atoms with E-state index in [0.29, 0.717) is 45.3 Å². The van der Waals surface area contributed by atoms with Gasteiger partial charge in [0.15, 0.2) is 11.6 Å². The molecule has 11 heteroatoms. The molecule has 4 rings (SSSR count). The molecule has 3 saturated heterocycles. The summed E-state index contributed by atoms with van der Waals surface area (Å²) in [5.41, 5.74) is 0.556. The van der Waals surface area contributed by atoms with Crippen LogP contribution in [0.15, 0.2) is 55.6 Å². The predicted molar refractivity (Wildman–Crippen MR) is 217 cm³/mol. The van der Waals surface area contributed by atoms with E-state index < -0.39 is 31.2 Å². The van der Waals surface area contributed by atoms with Crippen LogP contribution < -0.4 is 0 Å². The number of hydrogen-bond donors (Lipinski definition) is 0. The van der Waals surface area contributed by atoms with Crippen molar-refractivity contribution in [2.75, 3.05) is 34.2 Å². The largest absolute Gasteiger partial charge is 0.465 e. The first-order chi connectivity index (χ1) is 26.3. The average Bonchev–Trinajstić information content (AvgIpc) is 3.15. The van der Waals surface area contributed by atoms with Crippen molar-refractivity contribution in [2.24, 2.45) is 5.41 Å². The first-order valence-electron chi connectivity index (χ1n) is 20.6. The van der Waals surface area contributed by atoms with Crippen molar-refractivity contribution < 1.29 is 47.4 Å². The van der Waals surface area contributed by atoms with E-state index in [1.54, 1.807) is 14.2 Å². The molecule has 1 aromatic rings. The first-order valence-corrected chi connectivity index (χ1v) is 24.3. The molecule has 0 bridgehead atoms. The minimum atomic E-state index is -1.28. The Bertz CT molecular complexity index is 1300. The molecule has 0 radical (unpaired) electrons. The molecule has 8 atom stereocenters. The van der Waals surface area contributed by atoms with Crippen LogP contribution in [-0.2, 0) is 54.0 Å². The molecule has 0 amide bonds. The van der Waals surface area contributed by atoms with Crippen LogP contribution in [0.3, 0.4) is 0 Å². The highest BCUT2D eigenvalue weighted by Gasteiger charge is 2.58. The molecule has 55 heavy (non-hydrogen) atoms. The SMILES string of the molecule is C=CC[C@@]1(OC)CCC[C@@H](CCOC(=O)C[C@@H](C[C@@H]2C[C@H](OCc3ccccc3)C(C)(C)[C@@](C[C@@H]3CCC[C@H](C=C)O3)(OC)O2)OCOCC[Si](C)(C)C)O1. The van der Waals surface area contributed by atoms with E-state index in [4.69, 9.17) is 42.6 Å². The molecule has 0 unspecified atom stereocenters. The van der Waals surface area contributed by atoms with Crippen LogP contribution in [-0.4, -0.2) is 96.5 Å². The maximum absolute atomic E-state index is 13.4. The number of rotatable bonds is 23. The van der Waals surface area contributed by atoms with Crippen LogP contribution in [0.4, 0.5) is 0 Å². The Balaban J connectivity index is 1.48. The molecule has 0 N–H and O–H groups in total. The molecule has 0 saturated carbocycles. The summed E-state index contributed by atoms with van der Waals surface area (Å²) in [7, 11) is 2.11. The van der Waals surface area contributed by atoms with Crippen molar-refractivity contribution >= 4 is 14.0 Å². The fourth-order valence-electron chi connectivity index (χ4n) is 8.16. The quantitative estimate of drug-likeness (QED) is 0.0351. The van der Waals surface area contributed by atoms with E-state index in [0.717, 1.165) is 50.1 Å². The second-order valence-corrected chi connectivity index (χ2v) is 23.0. The summed E-state index contributed by atoms with van der Waals surface area (Å²) < 4.78 is 56.9. The molecule has 0 aromatic heterocycles. The average molecular weight is 789 g/mol. The molecule has 1 aromatic carbocycles. The van der Waals surface area contributed by atoms with Crippen LogP contribution in [0.2, 0.25) is 25.7 Å². The molecule has 3 fully saturated rings. The summed E-state index contributed by atoms with van der Waals surface area (Å²) >= 11 is 0. The normalized spacial score (nSPS) is 30.3. The van der Waals surface area contributed by atoms with Gasteiger partial charge in [-0.2, -0.15) is 0 Å². The molecule has 10 nitrogen and oxygen atoms in total. The van der Waals surface area contributed by atoms with E-state index in [2.05, 4.69) is 58.8 Å². The van der Waals surface area contributed by atoms with Gasteiger partial charge in [-0.3, -0.25) is 4.79 Å². The minimum absolute atomic E-state index is 0.00405. The molecular weight excluding hydrogens is 717 g/mol. The van der Waals surface area contributed by atoms with E-state index in [9.17, 15) is 4.79 Å². The lowest BCUT2D eigenvalue weighted by Gasteiger charge is -2.56. The number of benzene rings is 1. The van der Waals surface area contributed by atoms with Crippen LogP contribution in [0.1, 0.15) is 96.5 Å². The van der Waals surface area contributed by atoms with Gasteiger partial charge < -0.3 is 42.6 Å². The lowest BCUT2D eigenvalue weighted by molar-refractivity contribution is -0.363. The Morgan fingerprint density at radius 2 is 1.75 bits per heavy atom. The van der Waals surface area contributed by atoms with Crippen molar-refractivity contribution in [3.8, 4) is 0 Å². The van der Waals surface area contributed by atoms with Gasteiger partial charge in [-0.05, 0) is 43.7 Å². The van der Waals surface area contributed by atoms with Gasteiger partial charge >= 0.3 is 5.97 Å². The van der Waals surface area contributed by atoms with Gasteiger partial charge in [0.2, 0.25) is 0 Å². The molecule has 0 spiro atoms. The van der Waals surface area contributed by atoms with Gasteiger partial charge in [-0.25, -0.2) is 0 Å². The highest BCUT2D eigenvalue weighted by atomic mass is 28.3. The van der Waals surface area contributed by atoms with Gasteiger partial charge in [-0.15, -0.1) is 13.2 Å². The van der Waals surface area contributed by atoms with Crippen molar-refractivity contribution in [1.29, 1.82) is 0 Å². The molecular formula is C44H72O10Si. The van der Waals surface area contributed by atoms with E-state index >= 15 is 0 Å².